The van der Waals surface area contributed by atoms with E-state index in [0.29, 0.717) is 0 Å². The van der Waals surface area contributed by atoms with Crippen molar-refractivity contribution in [3.63, 3.8) is 0 Å². The highest BCUT2D eigenvalue weighted by atomic mass is 19.2. The smallest absolute Gasteiger partial charge is 0.160 e. The van der Waals surface area contributed by atoms with Crippen LogP contribution in [0.25, 0.3) is 0 Å². The van der Waals surface area contributed by atoms with Gasteiger partial charge >= 0.3 is 0 Å². The van der Waals surface area contributed by atoms with Crippen LogP contribution in [0.2, 0.25) is 0 Å². The van der Waals surface area contributed by atoms with Gasteiger partial charge in [0.1, 0.15) is 0 Å². The van der Waals surface area contributed by atoms with E-state index in [0.717, 1.165) is 12.1 Å². The summed E-state index contributed by atoms with van der Waals surface area (Å²) in [7, 11) is 0. The third-order valence-corrected chi connectivity index (χ3v) is 0.944. The molecular weight excluding hydrogens is 131 g/mol. The molecule has 0 aromatic heterocycles. The largest absolute Gasteiger partial charge is 0.399 e. The fraction of sp³-hybridized carbons (Fsp3) is 0. The summed E-state index contributed by atoms with van der Waals surface area (Å²) in [5, 5.41) is 0. The predicted octanol–water partition coefficient (Wildman–Crippen LogP) is 1.55. The van der Waals surface area contributed by atoms with Gasteiger partial charge in [-0.25, -0.2) is 8.78 Å². The average molecular weight is 136 g/mol. The molecular formula is C6H5F2N. The monoisotopic (exact) mass is 136 g/mol. The fourth-order valence-corrected chi connectivity index (χ4v) is 0.512. The lowest BCUT2D eigenvalue weighted by Gasteiger charge is -1.91. The van der Waals surface area contributed by atoms with Crippen LogP contribution < -0.4 is 5.73 Å². The second-order valence-electron chi connectivity index (χ2n) is 1.67. The van der Waals surface area contributed by atoms with Crippen molar-refractivity contribution in [1.29, 1.82) is 0 Å². The molecule has 0 aliphatic rings. The third kappa shape index (κ3) is 1.16. The molecule has 0 spiro atoms. The van der Waals surface area contributed by atoms with Crippen molar-refractivity contribution in [1.82, 2.24) is 0 Å². The van der Waals surface area contributed by atoms with E-state index < -0.39 is 11.6 Å². The molecule has 0 saturated heterocycles. The Morgan fingerprint density at radius 3 is 2.22 bits per heavy atom. The summed E-state index contributed by atoms with van der Waals surface area (Å²) in [6, 6.07) is 3.23. The fourth-order valence-electron chi connectivity index (χ4n) is 0.512. The van der Waals surface area contributed by atoms with Crippen LogP contribution in [-0.2, 0) is 0 Å². The molecule has 0 fully saturated rings. The van der Waals surface area contributed by atoms with Gasteiger partial charge in [-0.05, 0) is 18.2 Å². The summed E-state index contributed by atoms with van der Waals surface area (Å²) in [6.45, 7) is 0. The molecule has 0 atom stereocenters. The molecule has 0 unspecified atom stereocenters. The van der Waals surface area contributed by atoms with Crippen molar-refractivity contribution in [3.05, 3.63) is 29.8 Å². The zero-order chi connectivity index (χ0) is 6.85. The third-order valence-electron chi connectivity index (χ3n) is 0.944. The second kappa shape index (κ2) is 2.01. The number of anilines is 1. The zero-order valence-corrected chi connectivity index (χ0v) is 4.57. The van der Waals surface area contributed by atoms with Crippen LogP contribution in [0.15, 0.2) is 18.2 Å². The molecule has 0 saturated carbocycles. The summed E-state index contributed by atoms with van der Waals surface area (Å²) < 4.78 is 24.2. The van der Waals surface area contributed by atoms with Crippen LogP contribution in [0.1, 0.15) is 0 Å². The van der Waals surface area contributed by atoms with Gasteiger partial charge in [0, 0.05) is 5.69 Å². The first-order valence-electron chi connectivity index (χ1n) is 2.40. The Morgan fingerprint density at radius 1 is 1.11 bits per heavy atom. The average Bonchev–Trinajstić information content (AvgIpc) is 1.80. The standard InChI is InChI=1S/C6H5F2N/c7-5-2-1-4(9)3-6(5)8/h1-3H,9H2/i1+1,2+1,3+1,4+1,5+1,6+1,9+1. The maximum Gasteiger partial charge on any atom is 0.160 e. The second-order valence-corrected chi connectivity index (χ2v) is 1.67. The van der Waals surface area contributed by atoms with E-state index in [1.165, 1.54) is 6.07 Å². The first-order chi connectivity index (χ1) is 4.20. The lowest BCUT2D eigenvalue weighted by molar-refractivity contribution is 0.509. The van der Waals surface area contributed by atoms with Gasteiger partial charge in [0.15, 0.2) is 11.6 Å². The van der Waals surface area contributed by atoms with Crippen LogP contribution >= 0.6 is 0 Å². The van der Waals surface area contributed by atoms with Crippen molar-refractivity contribution in [2.45, 2.75) is 0 Å². The summed E-state index contributed by atoms with van der Waals surface area (Å²) in [4.78, 5) is 0. The molecule has 1 nitrogen and oxygen atoms in total. The Labute approximate surface area is 51.1 Å². The SMILES string of the molecule is [15NH2][13c]1[13cH][13cH][13c](F)[13c](F)[13cH]1. The molecule has 0 aliphatic carbocycles. The lowest BCUT2D eigenvalue weighted by atomic mass is 11.3. The van der Waals surface area contributed by atoms with Crippen molar-refractivity contribution in [3.8, 4) is 0 Å². The van der Waals surface area contributed by atoms with Gasteiger partial charge < -0.3 is 5.73 Å². The van der Waals surface area contributed by atoms with Gasteiger partial charge in [-0.1, -0.05) is 0 Å². The molecule has 2 N–H and O–H groups in total. The number of rotatable bonds is 0. The Balaban J connectivity index is 3.17. The van der Waals surface area contributed by atoms with Gasteiger partial charge in [-0.15, -0.1) is 0 Å². The molecule has 0 aliphatic heterocycles. The minimum atomic E-state index is -0.907. The number of halogens is 2. The van der Waals surface area contributed by atoms with Crippen molar-refractivity contribution in [2.75, 3.05) is 5.73 Å². The molecule has 9 heavy (non-hydrogen) atoms. The van der Waals surface area contributed by atoms with E-state index in [4.69, 9.17) is 5.73 Å². The number of hydrogen-bond donors (Lipinski definition) is 1. The molecule has 3 heteroatoms. The van der Waals surface area contributed by atoms with Crippen LogP contribution in [-0.4, -0.2) is 0 Å². The Morgan fingerprint density at radius 2 is 1.78 bits per heavy atom. The van der Waals surface area contributed by atoms with E-state index >= 15 is 0 Å². The van der Waals surface area contributed by atoms with Crippen LogP contribution in [0.3, 0.4) is 0 Å². The van der Waals surface area contributed by atoms with E-state index in [9.17, 15) is 8.78 Å². The molecule has 1 aromatic carbocycles. The minimum absolute atomic E-state index is 0.230. The molecule has 0 amide bonds. The summed E-state index contributed by atoms with van der Waals surface area (Å²) >= 11 is 0. The molecule has 1 rings (SSSR count). The van der Waals surface area contributed by atoms with Gasteiger partial charge in [0.25, 0.3) is 0 Å². The molecule has 0 bridgehead atoms. The highest BCUT2D eigenvalue weighted by molar-refractivity contribution is 5.37. The summed E-state index contributed by atoms with van der Waals surface area (Å²) in [5.74, 6) is -1.78. The normalized spacial score (nSPS) is 9.56. The van der Waals surface area contributed by atoms with Crippen LogP contribution in [0, 0.1) is 11.6 Å². The van der Waals surface area contributed by atoms with Crippen molar-refractivity contribution < 1.29 is 8.78 Å². The number of nitrogens with two attached hydrogens (primary N) is 1. The summed E-state index contributed by atoms with van der Waals surface area (Å²) in [6.07, 6.45) is 0. The van der Waals surface area contributed by atoms with Crippen molar-refractivity contribution in [2.24, 2.45) is 0 Å². The van der Waals surface area contributed by atoms with Gasteiger partial charge in [-0.3, -0.25) is 0 Å². The molecule has 0 heterocycles. The number of nitrogen functional groups attached to an aromatic ring is 1. The minimum Gasteiger partial charge on any atom is -0.399 e. The maximum absolute atomic E-state index is 12.1. The van der Waals surface area contributed by atoms with Gasteiger partial charge in [0.05, 0.1) is 0 Å². The van der Waals surface area contributed by atoms with Gasteiger partial charge in [-0.2, -0.15) is 0 Å². The van der Waals surface area contributed by atoms with Crippen LogP contribution in [0.4, 0.5) is 14.5 Å². The van der Waals surface area contributed by atoms with Gasteiger partial charge in [0.2, 0.25) is 0 Å². The first-order valence-corrected chi connectivity index (χ1v) is 2.40. The Kier molecular flexibility index (Phi) is 1.34. The summed E-state index contributed by atoms with van der Waals surface area (Å²) in [5.41, 5.74) is 5.35. The van der Waals surface area contributed by atoms with E-state index in [2.05, 4.69) is 0 Å². The van der Waals surface area contributed by atoms with Crippen molar-refractivity contribution >= 4 is 5.69 Å². The Hall–Kier alpha value is -1.12. The topological polar surface area (TPSA) is 26.0 Å². The molecule has 1 aromatic rings. The quantitative estimate of drug-likeness (QED) is 0.425. The highest BCUT2D eigenvalue weighted by Gasteiger charge is 1.97. The van der Waals surface area contributed by atoms with Crippen LogP contribution in [0.5, 0.6) is 0 Å². The maximum atomic E-state index is 12.1. The number of hydrogen-bond acceptors (Lipinski definition) is 1. The first kappa shape index (κ1) is 6.01. The lowest BCUT2D eigenvalue weighted by Crippen LogP contribution is -1.88. The van der Waals surface area contributed by atoms with E-state index in [-0.39, 0.29) is 5.69 Å². The number of benzene rings is 1. The predicted molar refractivity (Wildman–Crippen MR) is 30.8 cm³/mol. The molecule has 48 valence electrons. The van der Waals surface area contributed by atoms with E-state index in [1.54, 1.807) is 0 Å². The Bertz CT molecular complexity index is 222. The zero-order valence-electron chi connectivity index (χ0n) is 4.57. The molecule has 0 radical (unpaired) electrons. The van der Waals surface area contributed by atoms with E-state index in [1.807, 2.05) is 0 Å². The highest BCUT2D eigenvalue weighted by Crippen LogP contribution is 2.08.